The number of methoxy groups -OCH3 is 1. The Morgan fingerprint density at radius 3 is 2.38 bits per heavy atom. The first-order valence-corrected chi connectivity index (χ1v) is 8.79. The van der Waals surface area contributed by atoms with E-state index in [0.29, 0.717) is 6.61 Å². The average Bonchev–Trinajstić information content (AvgIpc) is 3.32. The molecule has 21 heavy (non-hydrogen) atoms. The predicted molar refractivity (Wildman–Crippen MR) is 84.7 cm³/mol. The van der Waals surface area contributed by atoms with Crippen molar-refractivity contribution in [1.29, 1.82) is 0 Å². The van der Waals surface area contributed by atoms with Gasteiger partial charge in [-0.1, -0.05) is 25.7 Å². The standard InChI is InChI=1S/C17H33NO3/c1-19-11-6-12-20-13-14-21-17(15-18-16-7-8-16)9-4-2-3-5-10-17/h16,18H,2-15H2,1H3. The Bertz CT molecular complexity index is 261. The fourth-order valence-electron chi connectivity index (χ4n) is 3.09. The van der Waals surface area contributed by atoms with E-state index in [4.69, 9.17) is 14.2 Å². The highest BCUT2D eigenvalue weighted by Crippen LogP contribution is 2.31. The molecule has 0 aromatic carbocycles. The Balaban J connectivity index is 1.65. The van der Waals surface area contributed by atoms with Gasteiger partial charge in [-0.2, -0.15) is 0 Å². The van der Waals surface area contributed by atoms with E-state index in [-0.39, 0.29) is 5.60 Å². The zero-order chi connectivity index (χ0) is 14.8. The molecule has 0 unspecified atom stereocenters. The lowest BCUT2D eigenvalue weighted by Gasteiger charge is -2.33. The molecule has 0 aromatic rings. The van der Waals surface area contributed by atoms with Crippen molar-refractivity contribution in [3.05, 3.63) is 0 Å². The SMILES string of the molecule is COCCCOCCOC1(CNC2CC2)CCCCCC1. The fraction of sp³-hybridized carbons (Fsp3) is 1.00. The fourth-order valence-corrected chi connectivity index (χ4v) is 3.09. The average molecular weight is 299 g/mol. The molecule has 2 fully saturated rings. The molecule has 2 saturated carbocycles. The molecule has 4 heteroatoms. The molecule has 2 rings (SSSR count). The van der Waals surface area contributed by atoms with Gasteiger partial charge in [-0.15, -0.1) is 0 Å². The van der Waals surface area contributed by atoms with Crippen LogP contribution in [0, 0.1) is 0 Å². The van der Waals surface area contributed by atoms with E-state index >= 15 is 0 Å². The lowest BCUT2D eigenvalue weighted by molar-refractivity contribution is -0.0761. The van der Waals surface area contributed by atoms with Crippen LogP contribution in [0.1, 0.15) is 57.8 Å². The molecule has 2 aliphatic rings. The number of hydrogen-bond donors (Lipinski definition) is 1. The van der Waals surface area contributed by atoms with Crippen LogP contribution in [-0.4, -0.2) is 51.7 Å². The third-order valence-corrected chi connectivity index (χ3v) is 4.58. The summed E-state index contributed by atoms with van der Waals surface area (Å²) >= 11 is 0. The molecule has 0 radical (unpaired) electrons. The second-order valence-corrected chi connectivity index (χ2v) is 6.56. The summed E-state index contributed by atoms with van der Waals surface area (Å²) in [6.45, 7) is 4.00. The Morgan fingerprint density at radius 1 is 0.952 bits per heavy atom. The van der Waals surface area contributed by atoms with E-state index in [1.807, 2.05) is 0 Å². The highest BCUT2D eigenvalue weighted by atomic mass is 16.5. The van der Waals surface area contributed by atoms with Crippen LogP contribution in [0.3, 0.4) is 0 Å². The van der Waals surface area contributed by atoms with Gasteiger partial charge in [0.1, 0.15) is 0 Å². The lowest BCUT2D eigenvalue weighted by Crippen LogP contribution is -2.44. The van der Waals surface area contributed by atoms with Crippen LogP contribution >= 0.6 is 0 Å². The van der Waals surface area contributed by atoms with Crippen LogP contribution in [0.2, 0.25) is 0 Å². The zero-order valence-electron chi connectivity index (χ0n) is 13.7. The van der Waals surface area contributed by atoms with Crippen LogP contribution in [0.15, 0.2) is 0 Å². The monoisotopic (exact) mass is 299 g/mol. The van der Waals surface area contributed by atoms with E-state index in [9.17, 15) is 0 Å². The topological polar surface area (TPSA) is 39.7 Å². The second kappa shape index (κ2) is 9.78. The van der Waals surface area contributed by atoms with E-state index in [2.05, 4.69) is 5.32 Å². The molecule has 0 spiro atoms. The molecule has 0 aromatic heterocycles. The highest BCUT2D eigenvalue weighted by molar-refractivity contribution is 4.90. The third kappa shape index (κ3) is 7.09. The Labute approximate surface area is 129 Å². The first-order chi connectivity index (χ1) is 10.3. The summed E-state index contributed by atoms with van der Waals surface area (Å²) in [5, 5.41) is 3.68. The van der Waals surface area contributed by atoms with Crippen LogP contribution < -0.4 is 5.32 Å². The van der Waals surface area contributed by atoms with Gasteiger partial charge in [0.25, 0.3) is 0 Å². The van der Waals surface area contributed by atoms with Gasteiger partial charge in [0.15, 0.2) is 0 Å². The van der Waals surface area contributed by atoms with Crippen LogP contribution in [-0.2, 0) is 14.2 Å². The van der Waals surface area contributed by atoms with Gasteiger partial charge in [0.2, 0.25) is 0 Å². The summed E-state index contributed by atoms with van der Waals surface area (Å²) < 4.78 is 16.9. The molecule has 1 N–H and O–H groups in total. The van der Waals surface area contributed by atoms with Gasteiger partial charge in [0, 0.05) is 32.9 Å². The number of ether oxygens (including phenoxy) is 3. The first kappa shape index (κ1) is 17.2. The molecule has 0 bridgehead atoms. The number of hydrogen-bond acceptors (Lipinski definition) is 4. The van der Waals surface area contributed by atoms with Gasteiger partial charge in [-0.05, 0) is 32.1 Å². The lowest BCUT2D eigenvalue weighted by atomic mass is 9.94. The Kier molecular flexibility index (Phi) is 8.01. The molecule has 0 amide bonds. The molecule has 2 aliphatic carbocycles. The van der Waals surface area contributed by atoms with Crippen molar-refractivity contribution in [1.82, 2.24) is 5.32 Å². The van der Waals surface area contributed by atoms with Crippen molar-refractivity contribution in [2.75, 3.05) is 40.1 Å². The quantitative estimate of drug-likeness (QED) is 0.470. The third-order valence-electron chi connectivity index (χ3n) is 4.58. The molecule has 0 aliphatic heterocycles. The Morgan fingerprint density at radius 2 is 1.71 bits per heavy atom. The van der Waals surface area contributed by atoms with Crippen molar-refractivity contribution in [3.63, 3.8) is 0 Å². The highest BCUT2D eigenvalue weighted by Gasteiger charge is 2.33. The van der Waals surface area contributed by atoms with E-state index < -0.39 is 0 Å². The molecular weight excluding hydrogens is 266 g/mol. The normalized spacial score (nSPS) is 22.1. The maximum atomic E-state index is 6.32. The summed E-state index contributed by atoms with van der Waals surface area (Å²) in [4.78, 5) is 0. The van der Waals surface area contributed by atoms with Gasteiger partial charge in [-0.25, -0.2) is 0 Å². The van der Waals surface area contributed by atoms with Crippen LogP contribution in [0.5, 0.6) is 0 Å². The van der Waals surface area contributed by atoms with Crippen molar-refractivity contribution < 1.29 is 14.2 Å². The van der Waals surface area contributed by atoms with Crippen molar-refractivity contribution in [3.8, 4) is 0 Å². The van der Waals surface area contributed by atoms with Crippen LogP contribution in [0.25, 0.3) is 0 Å². The van der Waals surface area contributed by atoms with E-state index in [0.717, 1.165) is 38.8 Å². The molecule has 124 valence electrons. The smallest absolute Gasteiger partial charge is 0.0807 e. The van der Waals surface area contributed by atoms with Gasteiger partial charge < -0.3 is 19.5 Å². The Hall–Kier alpha value is -0.160. The maximum absolute atomic E-state index is 6.32. The maximum Gasteiger partial charge on any atom is 0.0807 e. The number of rotatable bonds is 11. The number of nitrogens with one attached hydrogen (secondary N) is 1. The van der Waals surface area contributed by atoms with Gasteiger partial charge in [0.05, 0.1) is 18.8 Å². The van der Waals surface area contributed by atoms with Crippen molar-refractivity contribution >= 4 is 0 Å². The summed E-state index contributed by atoms with van der Waals surface area (Å²) in [6, 6.07) is 0.763. The van der Waals surface area contributed by atoms with E-state index in [1.165, 1.54) is 51.4 Å². The van der Waals surface area contributed by atoms with Crippen molar-refractivity contribution in [2.24, 2.45) is 0 Å². The predicted octanol–water partition coefficient (Wildman–Crippen LogP) is 2.90. The molecule has 0 heterocycles. The molecule has 0 atom stereocenters. The molecule has 4 nitrogen and oxygen atoms in total. The van der Waals surface area contributed by atoms with Crippen LogP contribution in [0.4, 0.5) is 0 Å². The molecular formula is C17H33NO3. The largest absolute Gasteiger partial charge is 0.385 e. The minimum Gasteiger partial charge on any atom is -0.385 e. The minimum atomic E-state index is 0.0645. The summed E-state index contributed by atoms with van der Waals surface area (Å²) in [7, 11) is 1.73. The van der Waals surface area contributed by atoms with Crippen molar-refractivity contribution in [2.45, 2.75) is 69.4 Å². The van der Waals surface area contributed by atoms with E-state index in [1.54, 1.807) is 7.11 Å². The second-order valence-electron chi connectivity index (χ2n) is 6.56. The summed E-state index contributed by atoms with van der Waals surface area (Å²) in [5.74, 6) is 0. The summed E-state index contributed by atoms with van der Waals surface area (Å²) in [6.07, 6.45) is 11.4. The molecule has 0 saturated heterocycles. The summed E-state index contributed by atoms with van der Waals surface area (Å²) in [5.41, 5.74) is 0.0645. The van der Waals surface area contributed by atoms with Gasteiger partial charge >= 0.3 is 0 Å². The zero-order valence-corrected chi connectivity index (χ0v) is 13.7. The first-order valence-electron chi connectivity index (χ1n) is 8.79. The minimum absolute atomic E-state index is 0.0645. The van der Waals surface area contributed by atoms with Gasteiger partial charge in [-0.3, -0.25) is 0 Å².